The Labute approximate surface area is 148 Å². The zero-order valence-electron chi connectivity index (χ0n) is 14.6. The molecule has 0 saturated heterocycles. The van der Waals surface area contributed by atoms with Crippen molar-refractivity contribution >= 4 is 0 Å². The number of aliphatic hydroxyl groups is 1. The summed E-state index contributed by atoms with van der Waals surface area (Å²) in [4.78, 5) is 8.10. The van der Waals surface area contributed by atoms with Gasteiger partial charge in [-0.15, -0.1) is 0 Å². The van der Waals surface area contributed by atoms with Crippen LogP contribution in [0.3, 0.4) is 0 Å². The molecule has 0 saturated carbocycles. The number of benzene rings is 2. The van der Waals surface area contributed by atoms with E-state index in [1.807, 2.05) is 43.6 Å². The molecule has 0 aliphatic rings. The largest absolute Gasteiger partial charge is 0.387 e. The first-order valence-corrected chi connectivity index (χ1v) is 8.47. The molecule has 0 radical (unpaired) electrons. The molecule has 4 nitrogen and oxygen atoms in total. The van der Waals surface area contributed by atoms with E-state index in [4.69, 9.17) is 0 Å². The van der Waals surface area contributed by atoms with Crippen LogP contribution in [0.25, 0.3) is 11.1 Å². The molecule has 2 N–H and O–H groups in total. The van der Waals surface area contributed by atoms with Crippen LogP contribution >= 0.6 is 0 Å². The first-order chi connectivity index (χ1) is 12.1. The number of nitrogens with one attached hydrogen (secondary N) is 1. The minimum Gasteiger partial charge on any atom is -0.387 e. The Bertz CT molecular complexity index is 786. The van der Waals surface area contributed by atoms with E-state index in [2.05, 4.69) is 46.5 Å². The van der Waals surface area contributed by atoms with Gasteiger partial charge in [0.2, 0.25) is 0 Å². The predicted molar refractivity (Wildman–Crippen MR) is 100 cm³/mol. The molecule has 2 unspecified atom stereocenters. The summed E-state index contributed by atoms with van der Waals surface area (Å²) >= 11 is 0. The van der Waals surface area contributed by atoms with Crippen LogP contribution in [0.15, 0.2) is 67.3 Å². The molecule has 0 aliphatic carbocycles. The van der Waals surface area contributed by atoms with Crippen LogP contribution in [0, 0.1) is 6.92 Å². The third-order valence-electron chi connectivity index (χ3n) is 4.38. The Hall–Kier alpha value is -2.56. The summed E-state index contributed by atoms with van der Waals surface area (Å²) in [5.74, 6) is 0. The summed E-state index contributed by atoms with van der Waals surface area (Å²) < 4.78 is 0. The number of aromatic nitrogens is 2. The van der Waals surface area contributed by atoms with Crippen molar-refractivity contribution in [1.29, 1.82) is 0 Å². The maximum atomic E-state index is 10.3. The Kier molecular flexibility index (Phi) is 5.53. The molecule has 0 spiro atoms. The van der Waals surface area contributed by atoms with Gasteiger partial charge in [-0.05, 0) is 30.5 Å². The second kappa shape index (κ2) is 8.01. The van der Waals surface area contributed by atoms with E-state index in [1.165, 1.54) is 17.5 Å². The number of nitrogens with zero attached hydrogens (tertiary/aromatic N) is 2. The van der Waals surface area contributed by atoms with Crippen molar-refractivity contribution in [2.45, 2.75) is 26.0 Å². The molecular formula is C21H23N3O. The van der Waals surface area contributed by atoms with Gasteiger partial charge in [0, 0.05) is 30.5 Å². The lowest BCUT2D eigenvalue weighted by atomic mass is 10.0. The van der Waals surface area contributed by atoms with E-state index in [0.717, 1.165) is 16.7 Å². The van der Waals surface area contributed by atoms with Gasteiger partial charge in [0.05, 0.1) is 6.10 Å². The van der Waals surface area contributed by atoms with E-state index in [9.17, 15) is 5.11 Å². The summed E-state index contributed by atoms with van der Waals surface area (Å²) in [5.41, 5.74) is 5.41. The van der Waals surface area contributed by atoms with Crippen LogP contribution in [-0.4, -0.2) is 21.6 Å². The van der Waals surface area contributed by atoms with Crippen molar-refractivity contribution in [1.82, 2.24) is 15.3 Å². The molecule has 3 rings (SSSR count). The third-order valence-corrected chi connectivity index (χ3v) is 4.38. The molecular weight excluding hydrogens is 310 g/mol. The lowest BCUT2D eigenvalue weighted by molar-refractivity contribution is 0.171. The average Bonchev–Trinajstić information content (AvgIpc) is 2.67. The van der Waals surface area contributed by atoms with Crippen LogP contribution in [-0.2, 0) is 0 Å². The molecule has 4 heteroatoms. The molecule has 2 atom stereocenters. The normalized spacial score (nSPS) is 13.4. The van der Waals surface area contributed by atoms with Crippen LogP contribution in [0.4, 0.5) is 0 Å². The zero-order valence-corrected chi connectivity index (χ0v) is 14.6. The number of hydrogen-bond donors (Lipinski definition) is 2. The lowest BCUT2D eigenvalue weighted by Crippen LogP contribution is -2.24. The summed E-state index contributed by atoms with van der Waals surface area (Å²) in [6, 6.07) is 16.5. The number of aryl methyl sites for hydroxylation is 1. The Balaban J connectivity index is 1.59. The minimum atomic E-state index is -0.510. The van der Waals surface area contributed by atoms with Crippen molar-refractivity contribution < 1.29 is 5.11 Å². The molecule has 2 aromatic carbocycles. The Morgan fingerprint density at radius 2 is 1.48 bits per heavy atom. The molecule has 1 heterocycles. The van der Waals surface area contributed by atoms with Crippen LogP contribution in [0.2, 0.25) is 0 Å². The number of rotatable bonds is 6. The maximum Gasteiger partial charge on any atom is 0.115 e. The number of hydrogen-bond acceptors (Lipinski definition) is 4. The fourth-order valence-corrected chi connectivity index (χ4v) is 2.73. The number of aliphatic hydroxyl groups excluding tert-OH is 1. The van der Waals surface area contributed by atoms with E-state index in [-0.39, 0.29) is 6.04 Å². The molecule has 128 valence electrons. The molecule has 0 amide bonds. The predicted octanol–water partition coefficient (Wildman–Crippen LogP) is 3.84. The summed E-state index contributed by atoms with van der Waals surface area (Å²) in [6.07, 6.45) is 4.63. The molecule has 0 aliphatic heterocycles. The van der Waals surface area contributed by atoms with Gasteiger partial charge in [-0.2, -0.15) is 0 Å². The minimum absolute atomic E-state index is 0.154. The smallest absolute Gasteiger partial charge is 0.115 e. The second-order valence-electron chi connectivity index (χ2n) is 6.31. The molecule has 0 fully saturated rings. The fraction of sp³-hybridized carbons (Fsp3) is 0.238. The maximum absolute atomic E-state index is 10.3. The summed E-state index contributed by atoms with van der Waals surface area (Å²) in [5, 5.41) is 13.7. The quantitative estimate of drug-likeness (QED) is 0.720. The molecule has 3 aromatic rings. The van der Waals surface area contributed by atoms with E-state index in [0.29, 0.717) is 6.54 Å². The van der Waals surface area contributed by atoms with Gasteiger partial charge < -0.3 is 10.4 Å². The van der Waals surface area contributed by atoms with Crippen LogP contribution < -0.4 is 5.32 Å². The van der Waals surface area contributed by atoms with Gasteiger partial charge in [-0.3, -0.25) is 0 Å². The van der Waals surface area contributed by atoms with Crippen molar-refractivity contribution in [3.8, 4) is 11.1 Å². The highest BCUT2D eigenvalue weighted by Crippen LogP contribution is 2.21. The van der Waals surface area contributed by atoms with Gasteiger partial charge in [-0.1, -0.05) is 54.1 Å². The second-order valence-corrected chi connectivity index (χ2v) is 6.31. The highest BCUT2D eigenvalue weighted by molar-refractivity contribution is 5.61. The van der Waals surface area contributed by atoms with E-state index >= 15 is 0 Å². The average molecular weight is 333 g/mol. The van der Waals surface area contributed by atoms with Gasteiger partial charge in [-0.25, -0.2) is 9.97 Å². The summed E-state index contributed by atoms with van der Waals surface area (Å²) in [7, 11) is 0. The van der Waals surface area contributed by atoms with Crippen molar-refractivity contribution in [3.05, 3.63) is 83.9 Å². The van der Waals surface area contributed by atoms with Crippen LogP contribution in [0.1, 0.15) is 35.8 Å². The Morgan fingerprint density at radius 1 is 0.880 bits per heavy atom. The lowest BCUT2D eigenvalue weighted by Gasteiger charge is -2.18. The first-order valence-electron chi connectivity index (χ1n) is 8.47. The monoisotopic (exact) mass is 333 g/mol. The fourth-order valence-electron chi connectivity index (χ4n) is 2.73. The van der Waals surface area contributed by atoms with Crippen molar-refractivity contribution in [2.75, 3.05) is 6.54 Å². The summed E-state index contributed by atoms with van der Waals surface area (Å²) in [6.45, 7) is 4.66. The van der Waals surface area contributed by atoms with Crippen molar-refractivity contribution in [2.24, 2.45) is 0 Å². The SMILES string of the molecule is Cc1ccc(C(O)CNC(C)c2ccc(-c3cncnc3)cc2)cc1. The first kappa shape index (κ1) is 17.3. The highest BCUT2D eigenvalue weighted by Gasteiger charge is 2.11. The zero-order chi connectivity index (χ0) is 17.6. The van der Waals surface area contributed by atoms with Gasteiger partial charge in [0.15, 0.2) is 0 Å². The van der Waals surface area contributed by atoms with Gasteiger partial charge >= 0.3 is 0 Å². The Morgan fingerprint density at radius 3 is 2.12 bits per heavy atom. The van der Waals surface area contributed by atoms with Gasteiger partial charge in [0.1, 0.15) is 6.33 Å². The highest BCUT2D eigenvalue weighted by atomic mass is 16.3. The van der Waals surface area contributed by atoms with E-state index < -0.39 is 6.10 Å². The molecule has 25 heavy (non-hydrogen) atoms. The third kappa shape index (κ3) is 4.50. The molecule has 0 bridgehead atoms. The van der Waals surface area contributed by atoms with Crippen molar-refractivity contribution in [3.63, 3.8) is 0 Å². The van der Waals surface area contributed by atoms with Crippen LogP contribution in [0.5, 0.6) is 0 Å². The van der Waals surface area contributed by atoms with Gasteiger partial charge in [0.25, 0.3) is 0 Å². The molecule has 1 aromatic heterocycles. The standard InChI is InChI=1S/C21H23N3O/c1-15-3-5-19(6-4-15)21(25)13-24-16(2)17-7-9-18(10-8-17)20-11-22-14-23-12-20/h3-12,14,16,21,24-25H,13H2,1-2H3. The van der Waals surface area contributed by atoms with E-state index in [1.54, 1.807) is 0 Å². The topological polar surface area (TPSA) is 58.0 Å².